The third-order valence-corrected chi connectivity index (χ3v) is 6.62. The van der Waals surface area contributed by atoms with Crippen molar-refractivity contribution in [2.45, 2.75) is 26.4 Å². The first-order chi connectivity index (χ1) is 14.4. The number of aliphatic hydroxyl groups excluding tert-OH is 1. The monoisotopic (exact) mass is 397 g/mol. The first-order valence-corrected chi connectivity index (χ1v) is 10.2. The third-order valence-electron chi connectivity index (χ3n) is 6.62. The van der Waals surface area contributed by atoms with Gasteiger partial charge < -0.3 is 9.67 Å². The van der Waals surface area contributed by atoms with Crippen LogP contribution in [-0.4, -0.2) is 15.5 Å². The van der Waals surface area contributed by atoms with E-state index in [1.54, 1.807) is 12.1 Å². The second-order valence-electron chi connectivity index (χ2n) is 9.00. The summed E-state index contributed by atoms with van der Waals surface area (Å²) in [6.45, 7) is 3.83. The number of carbonyl (C=O) groups excluding carboxylic acids is 1. The van der Waals surface area contributed by atoms with E-state index in [9.17, 15) is 14.3 Å². The summed E-state index contributed by atoms with van der Waals surface area (Å²) < 4.78 is 15.7. The first-order valence-electron chi connectivity index (χ1n) is 10.2. The van der Waals surface area contributed by atoms with Crippen molar-refractivity contribution in [3.63, 3.8) is 0 Å². The zero-order valence-electron chi connectivity index (χ0n) is 16.7. The highest BCUT2D eigenvalue weighted by Crippen LogP contribution is 2.56. The van der Waals surface area contributed by atoms with Crippen molar-refractivity contribution in [1.82, 2.24) is 4.57 Å². The summed E-state index contributed by atoms with van der Waals surface area (Å²) in [6.07, 6.45) is -0.528. The molecule has 0 saturated carbocycles. The molecule has 4 aromatic rings. The molecular weight excluding hydrogens is 377 g/mol. The topological polar surface area (TPSA) is 42.2 Å². The highest BCUT2D eigenvalue weighted by Gasteiger charge is 2.46. The molecular formula is C26H20FNO2. The van der Waals surface area contributed by atoms with E-state index in [0.717, 1.165) is 38.8 Å². The van der Waals surface area contributed by atoms with Gasteiger partial charge in [-0.05, 0) is 40.6 Å². The molecule has 1 aromatic heterocycles. The van der Waals surface area contributed by atoms with Crippen molar-refractivity contribution in [2.75, 3.05) is 0 Å². The number of rotatable bonds is 1. The average molecular weight is 397 g/mol. The lowest BCUT2D eigenvalue weighted by Gasteiger charge is -2.35. The predicted molar refractivity (Wildman–Crippen MR) is 115 cm³/mol. The number of nitrogens with zero attached hydrogens (tertiary/aromatic N) is 1. The van der Waals surface area contributed by atoms with Crippen LogP contribution in [0.25, 0.3) is 38.8 Å². The van der Waals surface area contributed by atoms with Gasteiger partial charge in [0.25, 0.3) is 0 Å². The molecule has 3 aromatic carbocycles. The van der Waals surface area contributed by atoms with Crippen molar-refractivity contribution >= 4 is 16.6 Å². The fraction of sp³-hybridized carbons (Fsp3) is 0.192. The maximum atomic E-state index is 13.7. The number of aromatic nitrogens is 1. The summed E-state index contributed by atoms with van der Waals surface area (Å²) in [5.74, 6) is -0.277. The Morgan fingerprint density at radius 3 is 2.33 bits per heavy atom. The van der Waals surface area contributed by atoms with E-state index in [0.29, 0.717) is 11.3 Å². The van der Waals surface area contributed by atoms with E-state index in [2.05, 4.69) is 18.2 Å². The van der Waals surface area contributed by atoms with Gasteiger partial charge in [-0.1, -0.05) is 50.2 Å². The summed E-state index contributed by atoms with van der Waals surface area (Å²) in [6, 6.07) is 18.5. The molecule has 2 aliphatic carbocycles. The molecule has 0 saturated heterocycles. The standard InChI is InChI=1S/C26H20FNO2/c1-26(2)13-19(29)22-21-17-7-3-5-14-6-4-8-18(20(14)17)23(21)28(24(22)25(26)30)16-11-9-15(27)10-12-16/h3-12,25,30H,13H2,1-2H3. The van der Waals surface area contributed by atoms with E-state index in [-0.39, 0.29) is 18.0 Å². The molecule has 2 aliphatic rings. The number of hydrogen-bond donors (Lipinski definition) is 1. The molecule has 1 heterocycles. The Morgan fingerprint density at radius 2 is 1.63 bits per heavy atom. The minimum atomic E-state index is -0.813. The molecule has 6 rings (SSSR count). The Balaban J connectivity index is 1.80. The van der Waals surface area contributed by atoms with Crippen molar-refractivity contribution in [2.24, 2.45) is 5.41 Å². The van der Waals surface area contributed by atoms with Crippen LogP contribution in [0.3, 0.4) is 0 Å². The van der Waals surface area contributed by atoms with E-state index in [4.69, 9.17) is 0 Å². The molecule has 4 heteroatoms. The van der Waals surface area contributed by atoms with Crippen LogP contribution in [0.4, 0.5) is 4.39 Å². The summed E-state index contributed by atoms with van der Waals surface area (Å²) in [5.41, 5.74) is 5.22. The molecule has 0 bridgehead atoms. The number of aliphatic hydroxyl groups is 1. The van der Waals surface area contributed by atoms with Crippen LogP contribution in [0, 0.1) is 11.2 Å². The lowest BCUT2D eigenvalue weighted by atomic mass is 9.73. The fourth-order valence-electron chi connectivity index (χ4n) is 5.22. The minimum absolute atomic E-state index is 0.0437. The number of benzene rings is 3. The predicted octanol–water partition coefficient (Wildman–Crippen LogP) is 6.06. The molecule has 0 amide bonds. The zero-order valence-corrected chi connectivity index (χ0v) is 16.7. The number of Topliss-reactive ketones (excluding diaryl/α,β-unsaturated/α-hetero) is 1. The van der Waals surface area contributed by atoms with Crippen molar-refractivity contribution in [1.29, 1.82) is 0 Å². The van der Waals surface area contributed by atoms with Gasteiger partial charge in [0, 0.05) is 28.7 Å². The molecule has 0 spiro atoms. The molecule has 30 heavy (non-hydrogen) atoms. The summed E-state index contributed by atoms with van der Waals surface area (Å²) in [7, 11) is 0. The largest absolute Gasteiger partial charge is 0.386 e. The maximum Gasteiger partial charge on any atom is 0.166 e. The van der Waals surface area contributed by atoms with E-state index >= 15 is 0 Å². The Labute approximate surface area is 173 Å². The fourth-order valence-corrected chi connectivity index (χ4v) is 5.22. The Bertz CT molecular complexity index is 1370. The Morgan fingerprint density at radius 1 is 0.967 bits per heavy atom. The molecule has 0 aliphatic heterocycles. The van der Waals surface area contributed by atoms with Crippen LogP contribution in [0.1, 0.15) is 42.4 Å². The summed E-state index contributed by atoms with van der Waals surface area (Å²) in [4.78, 5) is 13.4. The first kappa shape index (κ1) is 17.6. The van der Waals surface area contributed by atoms with Gasteiger partial charge in [-0.2, -0.15) is 0 Å². The van der Waals surface area contributed by atoms with Gasteiger partial charge in [0.15, 0.2) is 5.78 Å². The highest BCUT2D eigenvalue weighted by atomic mass is 19.1. The number of hydrogen-bond acceptors (Lipinski definition) is 2. The van der Waals surface area contributed by atoms with Gasteiger partial charge in [0.05, 0.1) is 17.0 Å². The van der Waals surface area contributed by atoms with Crippen LogP contribution in [0.2, 0.25) is 0 Å². The summed E-state index contributed by atoms with van der Waals surface area (Å²) >= 11 is 0. The van der Waals surface area contributed by atoms with E-state index < -0.39 is 11.5 Å². The van der Waals surface area contributed by atoms with Gasteiger partial charge in [-0.25, -0.2) is 4.39 Å². The smallest absolute Gasteiger partial charge is 0.166 e. The lowest BCUT2D eigenvalue weighted by molar-refractivity contribution is 0.0281. The zero-order chi connectivity index (χ0) is 20.8. The van der Waals surface area contributed by atoms with E-state index in [1.807, 2.05) is 36.6 Å². The maximum absolute atomic E-state index is 13.7. The van der Waals surface area contributed by atoms with Gasteiger partial charge in [-0.15, -0.1) is 0 Å². The lowest BCUT2D eigenvalue weighted by Crippen LogP contribution is -2.33. The molecule has 148 valence electrons. The second-order valence-corrected chi connectivity index (χ2v) is 9.00. The second kappa shape index (κ2) is 5.67. The highest BCUT2D eigenvalue weighted by molar-refractivity contribution is 6.21. The van der Waals surface area contributed by atoms with Crippen molar-refractivity contribution in [3.05, 3.63) is 77.7 Å². The Hall–Kier alpha value is -3.24. The molecule has 1 unspecified atom stereocenters. The molecule has 0 fully saturated rings. The third kappa shape index (κ3) is 2.09. The molecule has 3 nitrogen and oxygen atoms in total. The summed E-state index contributed by atoms with van der Waals surface area (Å²) in [5, 5.41) is 13.6. The van der Waals surface area contributed by atoms with Gasteiger partial charge in [0.1, 0.15) is 11.9 Å². The van der Waals surface area contributed by atoms with Crippen LogP contribution in [0.15, 0.2) is 60.7 Å². The number of ketones is 1. The average Bonchev–Trinajstić information content (AvgIpc) is 3.23. The Kier molecular flexibility index (Phi) is 3.33. The van der Waals surface area contributed by atoms with E-state index in [1.165, 1.54) is 12.1 Å². The van der Waals surface area contributed by atoms with Crippen LogP contribution < -0.4 is 0 Å². The minimum Gasteiger partial charge on any atom is -0.386 e. The van der Waals surface area contributed by atoms with Crippen LogP contribution in [-0.2, 0) is 0 Å². The molecule has 1 N–H and O–H groups in total. The van der Waals surface area contributed by atoms with Crippen molar-refractivity contribution in [3.8, 4) is 28.1 Å². The van der Waals surface area contributed by atoms with Crippen LogP contribution in [0.5, 0.6) is 0 Å². The molecule has 1 atom stereocenters. The number of fused-ring (bicyclic) bond motifs is 5. The molecule has 0 radical (unpaired) electrons. The van der Waals surface area contributed by atoms with Gasteiger partial charge in [-0.3, -0.25) is 4.79 Å². The van der Waals surface area contributed by atoms with Crippen molar-refractivity contribution < 1.29 is 14.3 Å². The number of halogens is 1. The number of carbonyl (C=O) groups is 1. The van der Waals surface area contributed by atoms with Gasteiger partial charge >= 0.3 is 0 Å². The van der Waals surface area contributed by atoms with Crippen LogP contribution >= 0.6 is 0 Å². The normalized spacial score (nSPS) is 18.5. The SMILES string of the molecule is CC1(C)CC(=O)c2c3c(n(-c4ccc(F)cc4)c2C1O)-c1cccc2cccc-3c12. The van der Waals surface area contributed by atoms with Gasteiger partial charge in [0.2, 0.25) is 0 Å². The quantitative estimate of drug-likeness (QED) is 0.373.